The van der Waals surface area contributed by atoms with Crippen LogP contribution in [0.3, 0.4) is 0 Å². The first-order valence-corrected chi connectivity index (χ1v) is 9.70. The molecule has 1 saturated carbocycles. The van der Waals surface area contributed by atoms with Crippen molar-refractivity contribution in [1.82, 2.24) is 24.7 Å². The first-order valence-electron chi connectivity index (χ1n) is 9.70. The van der Waals surface area contributed by atoms with Crippen molar-refractivity contribution >= 4 is 16.7 Å². The SMILES string of the molecule is O=c1c2cccnc2ncn1Cc1nc(C2C3CN(c4ccccc4)CC32)no1. The monoisotopic (exact) mass is 386 g/mol. The summed E-state index contributed by atoms with van der Waals surface area (Å²) in [5, 5.41) is 4.67. The fraction of sp³-hybridized carbons (Fsp3) is 0.286. The smallest absolute Gasteiger partial charge is 0.263 e. The molecule has 0 radical (unpaired) electrons. The van der Waals surface area contributed by atoms with Crippen molar-refractivity contribution in [3.63, 3.8) is 0 Å². The molecule has 1 saturated heterocycles. The van der Waals surface area contributed by atoms with Gasteiger partial charge >= 0.3 is 0 Å². The Morgan fingerprint density at radius 1 is 1.03 bits per heavy atom. The summed E-state index contributed by atoms with van der Waals surface area (Å²) in [5.41, 5.74) is 1.54. The fourth-order valence-corrected chi connectivity index (χ4v) is 4.48. The highest BCUT2D eigenvalue weighted by atomic mass is 16.5. The van der Waals surface area contributed by atoms with Gasteiger partial charge in [0.05, 0.1) is 5.39 Å². The first-order chi connectivity index (χ1) is 14.3. The summed E-state index contributed by atoms with van der Waals surface area (Å²) in [6.07, 6.45) is 3.10. The summed E-state index contributed by atoms with van der Waals surface area (Å²) in [7, 11) is 0. The molecule has 8 heteroatoms. The van der Waals surface area contributed by atoms with E-state index in [0.717, 1.165) is 18.9 Å². The number of para-hydroxylation sites is 1. The molecule has 2 aliphatic rings. The van der Waals surface area contributed by atoms with Gasteiger partial charge in [0, 0.05) is 30.9 Å². The highest BCUT2D eigenvalue weighted by molar-refractivity contribution is 5.72. The Labute approximate surface area is 165 Å². The predicted octanol–water partition coefficient (Wildman–Crippen LogP) is 2.07. The van der Waals surface area contributed by atoms with Crippen LogP contribution >= 0.6 is 0 Å². The van der Waals surface area contributed by atoms with Gasteiger partial charge in [-0.3, -0.25) is 9.36 Å². The van der Waals surface area contributed by atoms with Crippen LogP contribution in [0.1, 0.15) is 17.6 Å². The molecule has 29 heavy (non-hydrogen) atoms. The van der Waals surface area contributed by atoms with E-state index >= 15 is 0 Å². The van der Waals surface area contributed by atoms with Gasteiger partial charge in [-0.25, -0.2) is 9.97 Å². The molecular formula is C21H18N6O2. The van der Waals surface area contributed by atoms with E-state index in [1.165, 1.54) is 16.6 Å². The fourth-order valence-electron chi connectivity index (χ4n) is 4.48. The molecule has 0 bridgehead atoms. The van der Waals surface area contributed by atoms with E-state index in [2.05, 4.69) is 49.3 Å². The molecule has 2 atom stereocenters. The molecule has 0 amide bonds. The average molecular weight is 386 g/mol. The second-order valence-electron chi connectivity index (χ2n) is 7.69. The minimum atomic E-state index is -0.162. The van der Waals surface area contributed by atoms with Crippen molar-refractivity contribution in [2.45, 2.75) is 12.5 Å². The number of hydrogen-bond donors (Lipinski definition) is 0. The number of nitrogens with zero attached hydrogens (tertiary/aromatic N) is 6. The Morgan fingerprint density at radius 3 is 2.69 bits per heavy atom. The van der Waals surface area contributed by atoms with Crippen LogP contribution < -0.4 is 10.5 Å². The Hall–Kier alpha value is -3.55. The summed E-state index contributed by atoms with van der Waals surface area (Å²) < 4.78 is 6.91. The zero-order chi connectivity index (χ0) is 19.4. The molecule has 1 aromatic carbocycles. The highest BCUT2D eigenvalue weighted by Gasteiger charge is 2.58. The maximum absolute atomic E-state index is 12.6. The molecule has 2 unspecified atom stereocenters. The number of rotatable bonds is 4. The van der Waals surface area contributed by atoms with Crippen LogP contribution in [0.5, 0.6) is 0 Å². The molecule has 4 aromatic rings. The number of pyridine rings is 1. The Bertz CT molecular complexity index is 1240. The number of piperidine rings is 1. The first kappa shape index (κ1) is 16.4. The van der Waals surface area contributed by atoms with E-state index in [9.17, 15) is 4.79 Å². The third-order valence-corrected chi connectivity index (χ3v) is 6.00. The van der Waals surface area contributed by atoms with Crippen LogP contribution in [0, 0.1) is 11.8 Å². The van der Waals surface area contributed by atoms with Gasteiger partial charge in [-0.1, -0.05) is 23.4 Å². The van der Waals surface area contributed by atoms with Gasteiger partial charge in [-0.05, 0) is 36.1 Å². The molecule has 3 aromatic heterocycles. The van der Waals surface area contributed by atoms with Gasteiger partial charge in [-0.15, -0.1) is 0 Å². The lowest BCUT2D eigenvalue weighted by atomic mass is 10.2. The number of aromatic nitrogens is 5. The van der Waals surface area contributed by atoms with E-state index in [-0.39, 0.29) is 12.1 Å². The number of anilines is 1. The van der Waals surface area contributed by atoms with E-state index in [1.807, 2.05) is 6.07 Å². The van der Waals surface area contributed by atoms with Gasteiger partial charge in [0.2, 0.25) is 5.89 Å². The van der Waals surface area contributed by atoms with E-state index in [1.54, 1.807) is 18.3 Å². The summed E-state index contributed by atoms with van der Waals surface area (Å²) in [5.74, 6) is 2.67. The molecule has 0 N–H and O–H groups in total. The van der Waals surface area contributed by atoms with Crippen molar-refractivity contribution in [1.29, 1.82) is 0 Å². The second kappa shape index (κ2) is 6.23. The van der Waals surface area contributed by atoms with Gasteiger partial charge in [0.15, 0.2) is 11.5 Å². The highest BCUT2D eigenvalue weighted by Crippen LogP contribution is 2.57. The topological polar surface area (TPSA) is 89.9 Å². The summed E-state index contributed by atoms with van der Waals surface area (Å²) in [4.78, 5) is 27.9. The van der Waals surface area contributed by atoms with Crippen molar-refractivity contribution in [3.8, 4) is 0 Å². The van der Waals surface area contributed by atoms with Crippen molar-refractivity contribution in [2.75, 3.05) is 18.0 Å². The Kier molecular flexibility index (Phi) is 3.53. The van der Waals surface area contributed by atoms with Crippen molar-refractivity contribution in [3.05, 3.63) is 77.1 Å². The summed E-state index contributed by atoms with van der Waals surface area (Å²) in [6, 6.07) is 13.9. The van der Waals surface area contributed by atoms with Crippen LogP contribution in [-0.2, 0) is 6.54 Å². The molecule has 2 fully saturated rings. The van der Waals surface area contributed by atoms with Gasteiger partial charge in [0.1, 0.15) is 12.9 Å². The van der Waals surface area contributed by atoms with Crippen LogP contribution in [-0.4, -0.2) is 37.8 Å². The van der Waals surface area contributed by atoms with Crippen LogP contribution in [0.4, 0.5) is 5.69 Å². The average Bonchev–Trinajstić information content (AvgIpc) is 3.11. The lowest BCUT2D eigenvalue weighted by Gasteiger charge is -2.21. The van der Waals surface area contributed by atoms with Crippen LogP contribution in [0.2, 0.25) is 0 Å². The predicted molar refractivity (Wildman–Crippen MR) is 106 cm³/mol. The molecule has 144 valence electrons. The second-order valence-corrected chi connectivity index (χ2v) is 7.69. The minimum Gasteiger partial charge on any atom is -0.371 e. The zero-order valence-corrected chi connectivity index (χ0v) is 15.5. The largest absolute Gasteiger partial charge is 0.371 e. The molecule has 1 aliphatic heterocycles. The summed E-state index contributed by atoms with van der Waals surface area (Å²) in [6.45, 7) is 2.25. The minimum absolute atomic E-state index is 0.162. The zero-order valence-electron chi connectivity index (χ0n) is 15.5. The Morgan fingerprint density at radius 2 is 1.86 bits per heavy atom. The lowest BCUT2D eigenvalue weighted by Crippen LogP contribution is -2.23. The molecular weight excluding hydrogens is 368 g/mol. The normalized spacial score (nSPS) is 22.8. The van der Waals surface area contributed by atoms with Crippen LogP contribution in [0.25, 0.3) is 11.0 Å². The number of benzene rings is 1. The molecule has 6 rings (SSSR count). The lowest BCUT2D eigenvalue weighted by molar-refractivity contribution is 0.363. The van der Waals surface area contributed by atoms with E-state index in [0.29, 0.717) is 34.7 Å². The van der Waals surface area contributed by atoms with Gasteiger partial charge in [0.25, 0.3) is 5.56 Å². The van der Waals surface area contributed by atoms with Gasteiger partial charge < -0.3 is 9.42 Å². The third kappa shape index (κ3) is 2.71. The molecule has 0 spiro atoms. The summed E-state index contributed by atoms with van der Waals surface area (Å²) >= 11 is 0. The van der Waals surface area contributed by atoms with Crippen molar-refractivity contribution < 1.29 is 4.52 Å². The Balaban J connectivity index is 1.17. The molecule has 1 aliphatic carbocycles. The van der Waals surface area contributed by atoms with E-state index < -0.39 is 0 Å². The quantitative estimate of drug-likeness (QED) is 0.530. The third-order valence-electron chi connectivity index (χ3n) is 6.00. The number of fused-ring (bicyclic) bond motifs is 2. The maximum atomic E-state index is 12.6. The van der Waals surface area contributed by atoms with Gasteiger partial charge in [-0.2, -0.15) is 4.98 Å². The number of hydrogen-bond acceptors (Lipinski definition) is 7. The van der Waals surface area contributed by atoms with E-state index in [4.69, 9.17) is 4.52 Å². The standard InChI is InChI=1S/C21H18N6O2/c28-21-14-7-4-8-22-19(14)23-12-27(21)11-17-24-20(25-29-17)18-15-9-26(10-16(15)18)13-5-2-1-3-6-13/h1-8,12,15-16,18H,9-11H2. The molecule has 8 nitrogen and oxygen atoms in total. The maximum Gasteiger partial charge on any atom is 0.263 e. The molecule has 4 heterocycles. The van der Waals surface area contributed by atoms with Crippen LogP contribution in [0.15, 0.2) is 64.3 Å². The van der Waals surface area contributed by atoms with Crippen molar-refractivity contribution in [2.24, 2.45) is 11.8 Å².